The smallest absolute Gasteiger partial charge is 0.191 e. The first-order chi connectivity index (χ1) is 12.3. The lowest BCUT2D eigenvalue weighted by molar-refractivity contribution is 0.414. The summed E-state index contributed by atoms with van der Waals surface area (Å²) in [5.41, 5.74) is 1.20. The van der Waals surface area contributed by atoms with E-state index < -0.39 is 0 Å². The summed E-state index contributed by atoms with van der Waals surface area (Å²) >= 11 is 1.82. The summed E-state index contributed by atoms with van der Waals surface area (Å²) in [5, 5.41) is 10.5. The minimum absolute atomic E-state index is 0. The molecular formula is C19H27IN4OS. The second-order valence-electron chi connectivity index (χ2n) is 6.13. The number of piperidine rings is 1. The highest BCUT2D eigenvalue weighted by Gasteiger charge is 2.20. The van der Waals surface area contributed by atoms with E-state index in [4.69, 9.17) is 4.74 Å². The molecule has 2 heterocycles. The van der Waals surface area contributed by atoms with E-state index in [1.54, 1.807) is 7.11 Å². The van der Waals surface area contributed by atoms with E-state index in [1.807, 2.05) is 30.5 Å². The minimum Gasteiger partial charge on any atom is -0.497 e. The third-order valence-electron chi connectivity index (χ3n) is 4.50. The highest BCUT2D eigenvalue weighted by atomic mass is 127. The predicted octanol–water partition coefficient (Wildman–Crippen LogP) is 3.71. The highest BCUT2D eigenvalue weighted by Crippen LogP contribution is 2.24. The van der Waals surface area contributed by atoms with E-state index in [2.05, 4.69) is 50.2 Å². The van der Waals surface area contributed by atoms with E-state index >= 15 is 0 Å². The van der Waals surface area contributed by atoms with Crippen molar-refractivity contribution >= 4 is 46.3 Å². The maximum atomic E-state index is 5.19. The fourth-order valence-corrected chi connectivity index (χ4v) is 3.80. The number of anilines is 1. The van der Waals surface area contributed by atoms with E-state index in [1.165, 1.54) is 10.6 Å². The van der Waals surface area contributed by atoms with Gasteiger partial charge in [0, 0.05) is 32.7 Å². The zero-order chi connectivity index (χ0) is 17.5. The first-order valence-electron chi connectivity index (χ1n) is 8.67. The van der Waals surface area contributed by atoms with Crippen molar-refractivity contribution in [3.05, 3.63) is 47.3 Å². The van der Waals surface area contributed by atoms with Crippen LogP contribution in [0.4, 0.5) is 5.00 Å². The average molecular weight is 486 g/mol. The molecule has 1 aromatic heterocycles. The van der Waals surface area contributed by atoms with E-state index in [0.29, 0.717) is 6.04 Å². The number of guanidine groups is 1. The fraction of sp³-hybridized carbons (Fsp3) is 0.421. The molecule has 0 atom stereocenters. The van der Waals surface area contributed by atoms with Crippen LogP contribution in [0.1, 0.15) is 18.4 Å². The van der Waals surface area contributed by atoms with Crippen molar-refractivity contribution in [3.8, 4) is 5.75 Å². The Morgan fingerprint density at radius 3 is 2.54 bits per heavy atom. The van der Waals surface area contributed by atoms with E-state index in [-0.39, 0.29) is 24.0 Å². The molecular weight excluding hydrogens is 459 g/mol. The van der Waals surface area contributed by atoms with E-state index in [9.17, 15) is 0 Å². The molecule has 0 radical (unpaired) electrons. The largest absolute Gasteiger partial charge is 0.497 e. The van der Waals surface area contributed by atoms with Gasteiger partial charge < -0.3 is 20.3 Å². The summed E-state index contributed by atoms with van der Waals surface area (Å²) in [5.74, 6) is 1.74. The number of nitrogens with zero attached hydrogens (tertiary/aromatic N) is 2. The van der Waals surface area contributed by atoms with Gasteiger partial charge in [0.1, 0.15) is 5.75 Å². The van der Waals surface area contributed by atoms with Crippen molar-refractivity contribution < 1.29 is 4.74 Å². The molecule has 1 aromatic carbocycles. The molecule has 0 saturated carbocycles. The van der Waals surface area contributed by atoms with Crippen LogP contribution in [0.5, 0.6) is 5.75 Å². The minimum atomic E-state index is 0. The molecule has 142 valence electrons. The Kier molecular flexibility index (Phi) is 8.50. The molecule has 0 amide bonds. The Morgan fingerprint density at radius 2 is 1.96 bits per heavy atom. The predicted molar refractivity (Wildman–Crippen MR) is 121 cm³/mol. The Balaban J connectivity index is 0.00000243. The van der Waals surface area contributed by atoms with Crippen molar-refractivity contribution in [2.45, 2.75) is 25.4 Å². The lowest BCUT2D eigenvalue weighted by atomic mass is 10.1. The fourth-order valence-electron chi connectivity index (χ4n) is 3.01. The molecule has 0 aliphatic carbocycles. The van der Waals surface area contributed by atoms with Crippen LogP contribution in [-0.2, 0) is 6.54 Å². The zero-order valence-electron chi connectivity index (χ0n) is 15.3. The Bertz CT molecular complexity index is 667. The van der Waals surface area contributed by atoms with Crippen molar-refractivity contribution in [1.29, 1.82) is 0 Å². The van der Waals surface area contributed by atoms with Crippen LogP contribution in [0.3, 0.4) is 0 Å². The lowest BCUT2D eigenvalue weighted by Gasteiger charge is -2.33. The molecule has 0 bridgehead atoms. The molecule has 3 rings (SSSR count). The zero-order valence-corrected chi connectivity index (χ0v) is 18.4. The molecule has 1 saturated heterocycles. The summed E-state index contributed by atoms with van der Waals surface area (Å²) in [4.78, 5) is 6.83. The number of aliphatic imine (C=N–C) groups is 1. The number of ether oxygens (including phenoxy) is 1. The van der Waals surface area contributed by atoms with Gasteiger partial charge in [0.05, 0.1) is 12.1 Å². The van der Waals surface area contributed by atoms with Gasteiger partial charge in [0.15, 0.2) is 5.96 Å². The van der Waals surface area contributed by atoms with Crippen molar-refractivity contribution in [3.63, 3.8) is 0 Å². The second-order valence-corrected chi connectivity index (χ2v) is 7.06. The van der Waals surface area contributed by atoms with Crippen LogP contribution < -0.4 is 20.3 Å². The van der Waals surface area contributed by atoms with Crippen LogP contribution in [0.15, 0.2) is 46.8 Å². The van der Waals surface area contributed by atoms with Gasteiger partial charge in [-0.15, -0.1) is 35.3 Å². The second kappa shape index (κ2) is 10.6. The standard InChI is InChI=1S/C19H26N4OS.HI/c1-20-19(21-14-15-5-7-17(24-2)8-6-15)22-16-9-11-23(12-10-16)18-4-3-13-25-18;/h3-8,13,16H,9-12,14H2,1-2H3,(H2,20,21,22);1H. The van der Waals surface area contributed by atoms with Crippen molar-refractivity contribution in [1.82, 2.24) is 10.6 Å². The van der Waals surface area contributed by atoms with E-state index in [0.717, 1.165) is 44.2 Å². The van der Waals surface area contributed by atoms with Crippen molar-refractivity contribution in [2.24, 2.45) is 4.99 Å². The number of halogens is 1. The van der Waals surface area contributed by atoms with Crippen molar-refractivity contribution in [2.75, 3.05) is 32.1 Å². The number of rotatable bonds is 5. The first kappa shape index (κ1) is 20.8. The molecule has 0 unspecified atom stereocenters. The number of benzene rings is 1. The van der Waals surface area contributed by atoms with Crippen LogP contribution in [0, 0.1) is 0 Å². The van der Waals surface area contributed by atoms with Gasteiger partial charge in [-0.05, 0) is 48.1 Å². The summed E-state index contributed by atoms with van der Waals surface area (Å²) < 4.78 is 5.19. The van der Waals surface area contributed by atoms with Gasteiger partial charge in [-0.1, -0.05) is 12.1 Å². The van der Waals surface area contributed by atoms with Crippen LogP contribution in [0.25, 0.3) is 0 Å². The maximum Gasteiger partial charge on any atom is 0.191 e. The molecule has 26 heavy (non-hydrogen) atoms. The maximum absolute atomic E-state index is 5.19. The van der Waals surface area contributed by atoms with Gasteiger partial charge in [0.2, 0.25) is 0 Å². The summed E-state index contributed by atoms with van der Waals surface area (Å²) in [6, 6.07) is 12.9. The first-order valence-corrected chi connectivity index (χ1v) is 9.55. The molecule has 1 fully saturated rings. The molecule has 0 spiro atoms. The molecule has 2 aromatic rings. The lowest BCUT2D eigenvalue weighted by Crippen LogP contribution is -2.48. The van der Waals surface area contributed by atoms with Gasteiger partial charge in [-0.3, -0.25) is 4.99 Å². The Morgan fingerprint density at radius 1 is 1.23 bits per heavy atom. The monoisotopic (exact) mass is 486 g/mol. The van der Waals surface area contributed by atoms with Gasteiger partial charge in [0.25, 0.3) is 0 Å². The number of hydrogen-bond donors (Lipinski definition) is 2. The Labute approximate surface area is 176 Å². The Hall–Kier alpha value is -1.48. The average Bonchev–Trinajstić information content (AvgIpc) is 3.21. The molecule has 1 aliphatic heterocycles. The van der Waals surface area contributed by atoms with Crippen LogP contribution in [-0.4, -0.2) is 39.2 Å². The number of nitrogens with one attached hydrogen (secondary N) is 2. The van der Waals surface area contributed by atoms with Crippen LogP contribution >= 0.6 is 35.3 Å². The van der Waals surface area contributed by atoms with Crippen LogP contribution in [0.2, 0.25) is 0 Å². The molecule has 5 nitrogen and oxygen atoms in total. The third-order valence-corrected chi connectivity index (χ3v) is 5.43. The van der Waals surface area contributed by atoms with Gasteiger partial charge in [-0.2, -0.15) is 0 Å². The molecule has 2 N–H and O–H groups in total. The van der Waals surface area contributed by atoms with Gasteiger partial charge >= 0.3 is 0 Å². The summed E-state index contributed by atoms with van der Waals surface area (Å²) in [6.07, 6.45) is 2.25. The summed E-state index contributed by atoms with van der Waals surface area (Å²) in [6.45, 7) is 2.93. The number of thiophene rings is 1. The third kappa shape index (κ3) is 5.77. The SMILES string of the molecule is CN=C(NCc1ccc(OC)cc1)NC1CCN(c2cccs2)CC1.I. The normalized spacial score (nSPS) is 15.3. The van der Waals surface area contributed by atoms with Gasteiger partial charge in [-0.25, -0.2) is 0 Å². The topological polar surface area (TPSA) is 48.9 Å². The number of hydrogen-bond acceptors (Lipinski definition) is 4. The molecule has 1 aliphatic rings. The summed E-state index contributed by atoms with van der Waals surface area (Å²) in [7, 11) is 3.51. The quantitative estimate of drug-likeness (QED) is 0.385. The highest BCUT2D eigenvalue weighted by molar-refractivity contribution is 14.0. The number of methoxy groups -OCH3 is 1. The molecule has 7 heteroatoms.